The first-order valence-corrected chi connectivity index (χ1v) is 6.94. The van der Waals surface area contributed by atoms with Gasteiger partial charge in [-0.3, -0.25) is 4.79 Å². The first-order chi connectivity index (χ1) is 9.15. The number of ether oxygens (including phenoxy) is 1. The van der Waals surface area contributed by atoms with E-state index in [-0.39, 0.29) is 18.6 Å². The van der Waals surface area contributed by atoms with Crippen LogP contribution in [-0.2, 0) is 4.79 Å². The Labute approximate surface area is 115 Å². The number of likely N-dealkylation sites (tertiary alicyclic amines) is 1. The van der Waals surface area contributed by atoms with Gasteiger partial charge in [0.2, 0.25) is 11.8 Å². The zero-order chi connectivity index (χ0) is 13.7. The molecule has 0 aromatic carbocycles. The van der Waals surface area contributed by atoms with Crippen molar-refractivity contribution in [1.29, 1.82) is 0 Å². The maximum Gasteiger partial charge on any atom is 0.245 e. The number of carbonyl (C=O) groups is 1. The summed E-state index contributed by atoms with van der Waals surface area (Å²) in [7, 11) is 1.80. The summed E-state index contributed by atoms with van der Waals surface area (Å²) in [5, 5.41) is 13.0. The Morgan fingerprint density at radius 2 is 2.58 bits per heavy atom. The highest BCUT2D eigenvalue weighted by Gasteiger charge is 2.22. The van der Waals surface area contributed by atoms with Crippen LogP contribution in [0.3, 0.4) is 0 Å². The number of rotatable bonds is 6. The highest BCUT2D eigenvalue weighted by Crippen LogP contribution is 2.09. The Hall–Kier alpha value is -1.25. The van der Waals surface area contributed by atoms with Gasteiger partial charge < -0.3 is 20.1 Å². The van der Waals surface area contributed by atoms with Crippen molar-refractivity contribution in [3.8, 4) is 5.88 Å². The Balaban J connectivity index is 1.63. The molecule has 8 heteroatoms. The average Bonchev–Trinajstić information content (AvgIpc) is 2.91. The third-order valence-electron chi connectivity index (χ3n) is 3.03. The fourth-order valence-electron chi connectivity index (χ4n) is 1.94. The number of aliphatic hydroxyl groups is 1. The van der Waals surface area contributed by atoms with Crippen molar-refractivity contribution in [3.63, 3.8) is 0 Å². The van der Waals surface area contributed by atoms with Crippen molar-refractivity contribution in [3.05, 3.63) is 6.20 Å². The molecule has 2 unspecified atom stereocenters. The van der Waals surface area contributed by atoms with E-state index >= 15 is 0 Å². The predicted molar refractivity (Wildman–Crippen MR) is 70.1 cm³/mol. The van der Waals surface area contributed by atoms with Crippen LogP contribution in [0.15, 0.2) is 6.20 Å². The molecule has 7 nitrogen and oxygen atoms in total. The highest BCUT2D eigenvalue weighted by atomic mass is 32.1. The van der Waals surface area contributed by atoms with Crippen molar-refractivity contribution >= 4 is 17.6 Å². The van der Waals surface area contributed by atoms with E-state index in [4.69, 9.17) is 4.74 Å². The van der Waals surface area contributed by atoms with Crippen LogP contribution in [0.2, 0.25) is 0 Å². The number of carbonyl (C=O) groups excluding carboxylic acids is 1. The average molecular weight is 286 g/mol. The molecule has 2 N–H and O–H groups in total. The van der Waals surface area contributed by atoms with Gasteiger partial charge in [0.25, 0.3) is 0 Å². The van der Waals surface area contributed by atoms with E-state index < -0.39 is 6.10 Å². The third kappa shape index (κ3) is 4.41. The molecule has 19 heavy (non-hydrogen) atoms. The fourth-order valence-corrected chi connectivity index (χ4v) is 2.31. The van der Waals surface area contributed by atoms with Crippen LogP contribution in [-0.4, -0.2) is 63.6 Å². The molecule has 0 bridgehead atoms. The summed E-state index contributed by atoms with van der Waals surface area (Å²) in [4.78, 5) is 13.0. The smallest absolute Gasteiger partial charge is 0.245 e. The summed E-state index contributed by atoms with van der Waals surface area (Å²) in [5.41, 5.74) is 0. The molecule has 0 aliphatic carbocycles. The van der Waals surface area contributed by atoms with E-state index in [1.807, 2.05) is 0 Å². The van der Waals surface area contributed by atoms with Gasteiger partial charge in [-0.2, -0.15) is 4.37 Å². The lowest BCUT2D eigenvalue weighted by molar-refractivity contribution is -0.132. The number of hydrogen-bond donors (Lipinski definition) is 2. The molecule has 1 aromatic rings. The quantitative estimate of drug-likeness (QED) is 0.732. The molecule has 1 saturated heterocycles. The zero-order valence-corrected chi connectivity index (χ0v) is 11.6. The molecule has 2 heterocycles. The lowest BCUT2D eigenvalue weighted by atomic mass is 10.1. The SMILES string of the molecule is CN1CC(NCC(O)COc2cnsn2)CCC1=O. The van der Waals surface area contributed by atoms with Gasteiger partial charge in [0.1, 0.15) is 18.9 Å². The molecular formula is C11H18N4O3S. The summed E-state index contributed by atoms with van der Waals surface area (Å²) < 4.78 is 13.0. The Morgan fingerprint density at radius 1 is 1.74 bits per heavy atom. The van der Waals surface area contributed by atoms with Gasteiger partial charge in [0, 0.05) is 32.6 Å². The zero-order valence-electron chi connectivity index (χ0n) is 10.8. The van der Waals surface area contributed by atoms with E-state index in [2.05, 4.69) is 14.1 Å². The molecule has 1 aliphatic heterocycles. The lowest BCUT2D eigenvalue weighted by Gasteiger charge is -2.30. The van der Waals surface area contributed by atoms with Crippen molar-refractivity contribution in [2.75, 3.05) is 26.7 Å². The van der Waals surface area contributed by atoms with Crippen molar-refractivity contribution in [1.82, 2.24) is 19.0 Å². The van der Waals surface area contributed by atoms with E-state index in [0.29, 0.717) is 25.4 Å². The van der Waals surface area contributed by atoms with Crippen LogP contribution in [0.25, 0.3) is 0 Å². The van der Waals surface area contributed by atoms with Gasteiger partial charge in [0.05, 0.1) is 11.7 Å². The normalized spacial score (nSPS) is 21.5. The topological polar surface area (TPSA) is 87.6 Å². The number of piperidine rings is 1. The maximum absolute atomic E-state index is 11.3. The first kappa shape index (κ1) is 14.2. The van der Waals surface area contributed by atoms with Crippen LogP contribution in [0.5, 0.6) is 5.88 Å². The van der Waals surface area contributed by atoms with Crippen LogP contribution in [0, 0.1) is 0 Å². The molecule has 0 saturated carbocycles. The predicted octanol–water partition coefficient (Wildman–Crippen LogP) is -0.512. The number of aromatic nitrogens is 2. The van der Waals surface area contributed by atoms with E-state index in [0.717, 1.165) is 18.1 Å². The second kappa shape index (κ2) is 6.78. The minimum absolute atomic E-state index is 0.179. The number of likely N-dealkylation sites (N-methyl/N-ethyl adjacent to an activating group) is 1. The molecule has 1 amide bonds. The van der Waals surface area contributed by atoms with Gasteiger partial charge in [0.15, 0.2) is 0 Å². The Morgan fingerprint density at radius 3 is 3.26 bits per heavy atom. The molecule has 2 atom stereocenters. The number of aliphatic hydroxyl groups excluding tert-OH is 1. The highest BCUT2D eigenvalue weighted by molar-refractivity contribution is 6.99. The lowest BCUT2D eigenvalue weighted by Crippen LogP contribution is -2.48. The van der Waals surface area contributed by atoms with Crippen molar-refractivity contribution in [2.45, 2.75) is 25.0 Å². The molecule has 1 aliphatic rings. The van der Waals surface area contributed by atoms with Gasteiger partial charge >= 0.3 is 0 Å². The maximum atomic E-state index is 11.3. The van der Waals surface area contributed by atoms with Crippen LogP contribution in [0.1, 0.15) is 12.8 Å². The third-order valence-corrected chi connectivity index (χ3v) is 3.49. The molecule has 2 rings (SSSR count). The second-order valence-electron chi connectivity index (χ2n) is 4.63. The Kier molecular flexibility index (Phi) is 5.06. The molecule has 1 fully saturated rings. The van der Waals surface area contributed by atoms with E-state index in [9.17, 15) is 9.90 Å². The second-order valence-corrected chi connectivity index (χ2v) is 5.19. The summed E-state index contributed by atoms with van der Waals surface area (Å²) in [6, 6.07) is 0.235. The standard InChI is InChI=1S/C11H18N4O3S/c1-15-6-8(2-3-11(15)17)12-4-9(16)7-18-10-5-13-19-14-10/h5,8-9,12,16H,2-4,6-7H2,1H3. The summed E-state index contributed by atoms with van der Waals surface area (Å²) >= 11 is 1.07. The number of amides is 1. The molecule has 0 spiro atoms. The van der Waals surface area contributed by atoms with Crippen molar-refractivity contribution in [2.24, 2.45) is 0 Å². The molecular weight excluding hydrogens is 268 g/mol. The number of nitrogens with zero attached hydrogens (tertiary/aromatic N) is 3. The van der Waals surface area contributed by atoms with Crippen LogP contribution < -0.4 is 10.1 Å². The summed E-state index contributed by atoms with van der Waals surface area (Å²) in [6.07, 6.45) is 2.29. The van der Waals surface area contributed by atoms with Gasteiger partial charge in [-0.05, 0) is 6.42 Å². The van der Waals surface area contributed by atoms with Crippen LogP contribution in [0.4, 0.5) is 0 Å². The minimum atomic E-state index is -0.607. The van der Waals surface area contributed by atoms with Crippen molar-refractivity contribution < 1.29 is 14.6 Å². The largest absolute Gasteiger partial charge is 0.473 e. The number of hydrogen-bond acceptors (Lipinski definition) is 7. The van der Waals surface area contributed by atoms with Gasteiger partial charge in [-0.1, -0.05) is 0 Å². The number of nitrogens with one attached hydrogen (secondary N) is 1. The monoisotopic (exact) mass is 286 g/mol. The molecule has 0 radical (unpaired) electrons. The summed E-state index contributed by atoms with van der Waals surface area (Å²) in [6.45, 7) is 1.30. The first-order valence-electron chi connectivity index (χ1n) is 6.21. The van der Waals surface area contributed by atoms with E-state index in [1.165, 1.54) is 6.20 Å². The summed E-state index contributed by atoms with van der Waals surface area (Å²) in [5.74, 6) is 0.616. The minimum Gasteiger partial charge on any atom is -0.473 e. The van der Waals surface area contributed by atoms with Gasteiger partial charge in [-0.15, -0.1) is 4.37 Å². The molecule has 106 valence electrons. The van der Waals surface area contributed by atoms with Gasteiger partial charge in [-0.25, -0.2) is 0 Å². The Bertz CT molecular complexity index is 401. The van der Waals surface area contributed by atoms with Crippen LogP contribution >= 0.6 is 11.7 Å². The van der Waals surface area contributed by atoms with E-state index in [1.54, 1.807) is 11.9 Å². The molecule has 1 aromatic heterocycles. The fraction of sp³-hybridized carbons (Fsp3) is 0.727.